The van der Waals surface area contributed by atoms with E-state index < -0.39 is 0 Å². The lowest BCUT2D eigenvalue weighted by Gasteiger charge is -2.04. The fourth-order valence-corrected chi connectivity index (χ4v) is 3.97. The monoisotopic (exact) mass is 436 g/mol. The molecule has 2 N–H and O–H groups in total. The van der Waals surface area contributed by atoms with Crippen LogP contribution in [-0.4, -0.2) is 37.2 Å². The molecular formula is C25H17FN6O. The van der Waals surface area contributed by atoms with Crippen molar-refractivity contribution in [1.29, 1.82) is 0 Å². The average molecular weight is 436 g/mol. The third-order valence-electron chi connectivity index (χ3n) is 5.55. The molecular weight excluding hydrogens is 419 g/mol. The molecule has 6 aromatic rings. The van der Waals surface area contributed by atoms with Crippen molar-refractivity contribution >= 4 is 21.9 Å². The molecule has 0 bridgehead atoms. The van der Waals surface area contributed by atoms with E-state index in [4.69, 9.17) is 9.72 Å². The van der Waals surface area contributed by atoms with Gasteiger partial charge in [0.05, 0.1) is 35.9 Å². The predicted molar refractivity (Wildman–Crippen MR) is 124 cm³/mol. The molecule has 0 unspecified atom stereocenters. The Morgan fingerprint density at radius 2 is 1.85 bits per heavy atom. The fourth-order valence-electron chi connectivity index (χ4n) is 3.97. The van der Waals surface area contributed by atoms with E-state index in [-0.39, 0.29) is 5.82 Å². The smallest absolute Gasteiger partial charge is 0.137 e. The first-order chi connectivity index (χ1) is 16.2. The van der Waals surface area contributed by atoms with Crippen LogP contribution in [0.25, 0.3) is 55.8 Å². The third kappa shape index (κ3) is 3.28. The second-order valence-corrected chi connectivity index (χ2v) is 7.59. The highest BCUT2D eigenvalue weighted by Crippen LogP contribution is 2.33. The summed E-state index contributed by atoms with van der Waals surface area (Å²) in [5, 5.41) is 8.43. The highest BCUT2D eigenvalue weighted by atomic mass is 19.1. The van der Waals surface area contributed by atoms with Gasteiger partial charge in [-0.25, -0.2) is 9.37 Å². The van der Waals surface area contributed by atoms with Gasteiger partial charge in [-0.05, 0) is 42.5 Å². The van der Waals surface area contributed by atoms with Gasteiger partial charge in [0.15, 0.2) is 0 Å². The van der Waals surface area contributed by atoms with Crippen LogP contribution in [-0.2, 0) is 0 Å². The van der Waals surface area contributed by atoms with Crippen LogP contribution in [0.4, 0.5) is 4.39 Å². The minimum absolute atomic E-state index is 0.302. The summed E-state index contributed by atoms with van der Waals surface area (Å²) in [5.74, 6) is 0.360. The van der Waals surface area contributed by atoms with Crippen molar-refractivity contribution < 1.29 is 9.13 Å². The molecule has 0 amide bonds. The SMILES string of the molecule is COc1cncc(-c2ccc3[nH]nc(-c4cc5c(-c6cccc(F)c6)nccc5[nH]4)c3n2)c1. The Morgan fingerprint density at radius 1 is 0.909 bits per heavy atom. The van der Waals surface area contributed by atoms with Crippen molar-refractivity contribution in [2.75, 3.05) is 7.11 Å². The molecule has 0 saturated carbocycles. The van der Waals surface area contributed by atoms with E-state index in [1.165, 1.54) is 12.1 Å². The van der Waals surface area contributed by atoms with Crippen molar-refractivity contribution in [3.05, 3.63) is 79.0 Å². The first kappa shape index (κ1) is 19.1. The Balaban J connectivity index is 1.49. The quantitative estimate of drug-likeness (QED) is 0.387. The zero-order valence-electron chi connectivity index (χ0n) is 17.5. The molecule has 0 spiro atoms. The molecule has 0 aliphatic heterocycles. The van der Waals surface area contributed by atoms with Crippen molar-refractivity contribution in [2.45, 2.75) is 0 Å². The number of fused-ring (bicyclic) bond motifs is 2. The highest BCUT2D eigenvalue weighted by molar-refractivity contribution is 5.99. The normalized spacial score (nSPS) is 11.3. The summed E-state index contributed by atoms with van der Waals surface area (Å²) in [6, 6.07) is 16.0. The lowest BCUT2D eigenvalue weighted by molar-refractivity contribution is 0.413. The second-order valence-electron chi connectivity index (χ2n) is 7.59. The number of pyridine rings is 3. The third-order valence-corrected chi connectivity index (χ3v) is 5.55. The molecule has 0 saturated heterocycles. The van der Waals surface area contributed by atoms with Crippen molar-refractivity contribution in [2.24, 2.45) is 0 Å². The second kappa shape index (κ2) is 7.52. The molecule has 7 nitrogen and oxygen atoms in total. The van der Waals surface area contributed by atoms with Crippen LogP contribution in [0.5, 0.6) is 5.75 Å². The number of H-pyrrole nitrogens is 2. The van der Waals surface area contributed by atoms with E-state index in [0.717, 1.165) is 38.9 Å². The Morgan fingerprint density at radius 3 is 2.73 bits per heavy atom. The predicted octanol–water partition coefficient (Wildman–Crippen LogP) is 5.38. The highest BCUT2D eigenvalue weighted by Gasteiger charge is 2.16. The van der Waals surface area contributed by atoms with Crippen LogP contribution in [0.2, 0.25) is 0 Å². The van der Waals surface area contributed by atoms with Crippen molar-refractivity contribution in [1.82, 2.24) is 30.1 Å². The van der Waals surface area contributed by atoms with E-state index in [9.17, 15) is 4.39 Å². The van der Waals surface area contributed by atoms with E-state index >= 15 is 0 Å². The Hall–Kier alpha value is -4.59. The summed E-state index contributed by atoms with van der Waals surface area (Å²) in [4.78, 5) is 17.0. The summed E-state index contributed by atoms with van der Waals surface area (Å²) in [7, 11) is 1.61. The minimum Gasteiger partial charge on any atom is -0.495 e. The van der Waals surface area contributed by atoms with Gasteiger partial charge in [0.1, 0.15) is 22.8 Å². The molecule has 5 aromatic heterocycles. The van der Waals surface area contributed by atoms with Crippen LogP contribution in [0.15, 0.2) is 73.2 Å². The molecule has 0 aliphatic carbocycles. The molecule has 33 heavy (non-hydrogen) atoms. The van der Waals surface area contributed by atoms with Gasteiger partial charge in [-0.1, -0.05) is 12.1 Å². The van der Waals surface area contributed by atoms with Crippen LogP contribution >= 0.6 is 0 Å². The molecule has 8 heteroatoms. The summed E-state index contributed by atoms with van der Waals surface area (Å²) < 4.78 is 19.1. The van der Waals surface area contributed by atoms with Crippen LogP contribution in [0.1, 0.15) is 0 Å². The molecule has 6 rings (SSSR count). The minimum atomic E-state index is -0.302. The number of aromatic nitrogens is 6. The van der Waals surface area contributed by atoms with Crippen LogP contribution < -0.4 is 4.74 Å². The first-order valence-corrected chi connectivity index (χ1v) is 10.3. The maximum absolute atomic E-state index is 13.8. The Kier molecular flexibility index (Phi) is 4.36. The van der Waals surface area contributed by atoms with Crippen molar-refractivity contribution in [3.8, 4) is 39.7 Å². The molecule has 0 fully saturated rings. The average Bonchev–Trinajstić information content (AvgIpc) is 3.47. The van der Waals surface area contributed by atoms with Gasteiger partial charge in [0, 0.05) is 34.4 Å². The number of halogens is 1. The number of ether oxygens (including phenoxy) is 1. The van der Waals surface area contributed by atoms with Gasteiger partial charge in [0.25, 0.3) is 0 Å². The first-order valence-electron chi connectivity index (χ1n) is 10.3. The van der Waals surface area contributed by atoms with Gasteiger partial charge in [-0.15, -0.1) is 0 Å². The number of rotatable bonds is 4. The van der Waals surface area contributed by atoms with Crippen molar-refractivity contribution in [3.63, 3.8) is 0 Å². The molecule has 0 radical (unpaired) electrons. The van der Waals surface area contributed by atoms with Gasteiger partial charge in [0.2, 0.25) is 0 Å². The Labute approximate surface area is 187 Å². The van der Waals surface area contributed by atoms with E-state index in [1.807, 2.05) is 36.4 Å². The molecule has 0 atom stereocenters. The maximum Gasteiger partial charge on any atom is 0.137 e. The fraction of sp³-hybridized carbons (Fsp3) is 0.0400. The summed E-state index contributed by atoms with van der Waals surface area (Å²) in [5.41, 5.74) is 6.90. The van der Waals surface area contributed by atoms with Gasteiger partial charge in [-0.3, -0.25) is 15.1 Å². The van der Waals surface area contributed by atoms with E-state index in [0.29, 0.717) is 22.7 Å². The lowest BCUT2D eigenvalue weighted by atomic mass is 10.1. The largest absolute Gasteiger partial charge is 0.495 e. The number of hydrogen-bond donors (Lipinski definition) is 2. The maximum atomic E-state index is 13.8. The lowest BCUT2D eigenvalue weighted by Crippen LogP contribution is -1.89. The Bertz CT molecular complexity index is 1640. The molecule has 160 valence electrons. The number of hydrogen-bond acceptors (Lipinski definition) is 5. The standard InChI is InChI=1S/C25H17FN6O/c1-33-17-10-15(12-27-13-17)19-5-6-21-24(30-19)25(32-31-21)22-11-18-20(29-22)7-8-28-23(18)14-3-2-4-16(26)9-14/h2-13,29H,1H3,(H,31,32). The number of nitrogens with zero attached hydrogens (tertiary/aromatic N) is 4. The van der Waals surface area contributed by atoms with Crippen LogP contribution in [0, 0.1) is 5.82 Å². The van der Waals surface area contributed by atoms with E-state index in [2.05, 4.69) is 25.1 Å². The van der Waals surface area contributed by atoms with E-state index in [1.54, 1.807) is 31.8 Å². The molecule has 5 heterocycles. The summed E-state index contributed by atoms with van der Waals surface area (Å²) >= 11 is 0. The number of benzene rings is 1. The zero-order valence-corrected chi connectivity index (χ0v) is 17.5. The van der Waals surface area contributed by atoms with Gasteiger partial charge in [-0.2, -0.15) is 5.10 Å². The number of aromatic amines is 2. The van der Waals surface area contributed by atoms with Gasteiger partial charge < -0.3 is 9.72 Å². The number of nitrogens with one attached hydrogen (secondary N) is 2. The molecule has 0 aliphatic rings. The summed E-state index contributed by atoms with van der Waals surface area (Å²) in [6.45, 7) is 0. The molecule has 1 aromatic carbocycles. The topological polar surface area (TPSA) is 92.4 Å². The zero-order chi connectivity index (χ0) is 22.4. The summed E-state index contributed by atoms with van der Waals surface area (Å²) in [6.07, 6.45) is 5.11. The number of methoxy groups -OCH3 is 1. The van der Waals surface area contributed by atoms with Crippen LogP contribution in [0.3, 0.4) is 0 Å². The van der Waals surface area contributed by atoms with Gasteiger partial charge >= 0.3 is 0 Å².